The summed E-state index contributed by atoms with van der Waals surface area (Å²) in [6, 6.07) is 15.1. The van der Waals surface area contributed by atoms with Gasteiger partial charge in [-0.05, 0) is 86.3 Å². The van der Waals surface area contributed by atoms with Crippen LogP contribution in [0.4, 0.5) is 13.2 Å². The largest absolute Gasteiger partial charge is 0.497 e. The summed E-state index contributed by atoms with van der Waals surface area (Å²) in [6.45, 7) is 7.07. The van der Waals surface area contributed by atoms with E-state index in [1.807, 2.05) is 0 Å². The van der Waals surface area contributed by atoms with Gasteiger partial charge in [0.05, 0.1) is 7.11 Å². The molecule has 0 radical (unpaired) electrons. The molecule has 56 heavy (non-hydrogen) atoms. The van der Waals surface area contributed by atoms with E-state index in [-0.39, 0.29) is 29.8 Å². The van der Waals surface area contributed by atoms with Gasteiger partial charge in [0.2, 0.25) is 11.7 Å². The molecule has 0 spiro atoms. The average molecular weight is 804 g/mol. The van der Waals surface area contributed by atoms with Crippen molar-refractivity contribution in [2.75, 3.05) is 20.3 Å². The number of ether oxygens (including phenoxy) is 3. The number of halogens is 4. The van der Waals surface area contributed by atoms with E-state index in [9.17, 15) is 41.9 Å². The zero-order valence-corrected chi connectivity index (χ0v) is 32.5. The van der Waals surface area contributed by atoms with Gasteiger partial charge in [-0.15, -0.1) is 0 Å². The molecule has 3 rings (SSSR count). The van der Waals surface area contributed by atoms with Crippen molar-refractivity contribution in [3.63, 3.8) is 0 Å². The molecule has 302 valence electrons. The van der Waals surface area contributed by atoms with Crippen LogP contribution in [0.25, 0.3) is 0 Å². The molecule has 0 bridgehead atoms. The summed E-state index contributed by atoms with van der Waals surface area (Å²) in [5.41, 5.74) is 0.110. The Morgan fingerprint density at radius 2 is 1.46 bits per heavy atom. The van der Waals surface area contributed by atoms with Crippen molar-refractivity contribution in [1.29, 1.82) is 0 Å². The highest BCUT2D eigenvalue weighted by Gasteiger charge is 2.45. The number of hydrogen-bond acceptors (Lipinski definition) is 9. The summed E-state index contributed by atoms with van der Waals surface area (Å²) >= 11 is 6.18. The topological polar surface area (TPSA) is 166 Å². The lowest BCUT2D eigenvalue weighted by Crippen LogP contribution is -2.50. The molecule has 0 heterocycles. The number of carbonyl (C=O) groups is 6. The number of Topliss-reactive ketones (excluding diaryl/α,β-unsaturated/α-hetero) is 2. The fourth-order valence-electron chi connectivity index (χ4n) is 5.37. The van der Waals surface area contributed by atoms with Crippen LogP contribution in [0, 0.1) is 11.8 Å². The van der Waals surface area contributed by atoms with Gasteiger partial charge < -0.3 is 30.2 Å². The van der Waals surface area contributed by atoms with Gasteiger partial charge in [-0.25, -0.2) is 0 Å². The van der Waals surface area contributed by atoms with E-state index in [0.29, 0.717) is 16.3 Å². The van der Waals surface area contributed by atoms with Crippen LogP contribution in [-0.4, -0.2) is 73.3 Å². The first kappa shape index (κ1) is 45.0. The lowest BCUT2D eigenvalue weighted by atomic mass is 9.84. The van der Waals surface area contributed by atoms with E-state index in [1.165, 1.54) is 69.5 Å². The number of ketones is 2. The molecule has 0 saturated carbocycles. The summed E-state index contributed by atoms with van der Waals surface area (Å²) in [4.78, 5) is 77.6. The molecule has 3 amide bonds. The minimum atomic E-state index is -5.18. The fraction of sp³-hybridized carbons (Fsp3) is 0.400. The van der Waals surface area contributed by atoms with Gasteiger partial charge in [0.25, 0.3) is 11.8 Å². The molecule has 3 aromatic rings. The van der Waals surface area contributed by atoms with Crippen LogP contribution >= 0.6 is 11.6 Å². The van der Waals surface area contributed by atoms with Gasteiger partial charge in [0.1, 0.15) is 35.7 Å². The number of carbonyl (C=O) groups excluding carboxylic acids is 6. The summed E-state index contributed by atoms with van der Waals surface area (Å²) in [5.74, 6) is -7.63. The first-order chi connectivity index (χ1) is 26.2. The predicted octanol–water partition coefficient (Wildman–Crippen LogP) is 5.75. The van der Waals surface area contributed by atoms with Crippen LogP contribution in [0.5, 0.6) is 11.5 Å². The molecular weight excluding hydrogens is 759 g/mol. The molecule has 0 aliphatic heterocycles. The molecule has 0 aliphatic carbocycles. The van der Waals surface area contributed by atoms with Gasteiger partial charge in [0, 0.05) is 29.3 Å². The Labute approximate surface area is 327 Å². The zero-order chi connectivity index (χ0) is 41.8. The normalized spacial score (nSPS) is 13.1. The van der Waals surface area contributed by atoms with E-state index in [1.54, 1.807) is 45.0 Å². The van der Waals surface area contributed by atoms with E-state index < -0.39 is 84.0 Å². The highest BCUT2D eigenvalue weighted by molar-refractivity contribution is 6.30. The second-order valence-corrected chi connectivity index (χ2v) is 14.6. The number of benzene rings is 3. The van der Waals surface area contributed by atoms with Crippen LogP contribution in [0.3, 0.4) is 0 Å². The van der Waals surface area contributed by atoms with Gasteiger partial charge in [-0.1, -0.05) is 49.7 Å². The summed E-state index contributed by atoms with van der Waals surface area (Å²) in [7, 11) is 1.41. The molecule has 3 atom stereocenters. The number of methoxy groups -OCH3 is 1. The van der Waals surface area contributed by atoms with E-state index in [2.05, 4.69) is 16.0 Å². The highest BCUT2D eigenvalue weighted by atomic mass is 35.5. The third-order valence-electron chi connectivity index (χ3n) is 8.19. The van der Waals surface area contributed by atoms with E-state index in [0.717, 1.165) is 0 Å². The van der Waals surface area contributed by atoms with Crippen molar-refractivity contribution in [1.82, 2.24) is 16.0 Å². The second kappa shape index (κ2) is 19.9. The van der Waals surface area contributed by atoms with Crippen LogP contribution in [0.2, 0.25) is 5.02 Å². The SMILES string of the molecule is COc1ccc([C@H](NC(=O)[C@H](Cc2cccc(Cl)c2)NC(=O)c2ccc(OCC(=O)NCC(=O)OC(C)(C)C)cc2)C(=O)C[C@H](C(=O)C(F)(F)F)C(C)C)cc1. The third kappa shape index (κ3) is 14.3. The Morgan fingerprint density at radius 3 is 2.02 bits per heavy atom. The number of esters is 1. The Balaban J connectivity index is 1.82. The van der Waals surface area contributed by atoms with E-state index >= 15 is 0 Å². The van der Waals surface area contributed by atoms with Crippen molar-refractivity contribution in [2.45, 2.75) is 71.3 Å². The van der Waals surface area contributed by atoms with Gasteiger partial charge in [-0.2, -0.15) is 13.2 Å². The zero-order valence-electron chi connectivity index (χ0n) is 31.8. The smallest absolute Gasteiger partial charge is 0.450 e. The number of alkyl halides is 3. The first-order valence-electron chi connectivity index (χ1n) is 17.5. The molecule has 0 unspecified atom stereocenters. The first-order valence-corrected chi connectivity index (χ1v) is 17.9. The Hall–Kier alpha value is -5.44. The number of amides is 3. The highest BCUT2D eigenvalue weighted by Crippen LogP contribution is 2.30. The Bertz CT molecular complexity index is 1860. The van der Waals surface area contributed by atoms with E-state index in [4.69, 9.17) is 25.8 Å². The molecule has 3 N–H and O–H groups in total. The summed E-state index contributed by atoms with van der Waals surface area (Å²) < 4.78 is 56.2. The molecule has 0 aromatic heterocycles. The molecule has 0 aliphatic rings. The predicted molar refractivity (Wildman–Crippen MR) is 200 cm³/mol. The van der Waals surface area contributed by atoms with Crippen LogP contribution in [-0.2, 0) is 35.1 Å². The van der Waals surface area contributed by atoms with Gasteiger partial charge >= 0.3 is 12.1 Å². The standard InChI is InChI=1S/C40H45ClF3N3O9/c1-23(2)30(36(51)40(42,43)44)20-32(48)35(25-10-14-28(54-6)15-11-25)47-38(53)31(19-24-8-7-9-27(41)18-24)46-37(52)26-12-16-29(17-13-26)55-22-33(49)45-21-34(50)56-39(3,4)5/h7-18,23,30-31,35H,19-22H2,1-6H3,(H,45,49)(H,46,52)(H,47,53)/t30-,31-,35-/m0/s1. The van der Waals surface area contributed by atoms with Crippen molar-refractivity contribution in [2.24, 2.45) is 11.8 Å². The van der Waals surface area contributed by atoms with Crippen molar-refractivity contribution >= 4 is 46.9 Å². The molecule has 16 heteroatoms. The molecule has 3 aromatic carbocycles. The number of hydrogen-bond donors (Lipinski definition) is 3. The lowest BCUT2D eigenvalue weighted by Gasteiger charge is -2.26. The Morgan fingerprint density at radius 1 is 0.839 bits per heavy atom. The number of nitrogens with one attached hydrogen (secondary N) is 3. The molecular formula is C40H45ClF3N3O9. The van der Waals surface area contributed by atoms with Gasteiger partial charge in [0.15, 0.2) is 12.4 Å². The lowest BCUT2D eigenvalue weighted by molar-refractivity contribution is -0.177. The van der Waals surface area contributed by atoms with Crippen molar-refractivity contribution in [3.8, 4) is 11.5 Å². The minimum Gasteiger partial charge on any atom is -0.497 e. The van der Waals surface area contributed by atoms with Crippen molar-refractivity contribution < 1.29 is 56.1 Å². The maximum absolute atomic E-state index is 14.0. The maximum atomic E-state index is 14.0. The van der Waals surface area contributed by atoms with Crippen LogP contribution < -0.4 is 25.4 Å². The minimum absolute atomic E-state index is 0.0869. The maximum Gasteiger partial charge on any atom is 0.450 e. The monoisotopic (exact) mass is 803 g/mol. The van der Waals surface area contributed by atoms with Gasteiger partial charge in [-0.3, -0.25) is 28.8 Å². The summed E-state index contributed by atoms with van der Waals surface area (Å²) in [6.07, 6.45) is -6.11. The van der Waals surface area contributed by atoms with Crippen molar-refractivity contribution in [3.05, 3.63) is 94.5 Å². The van der Waals surface area contributed by atoms with Crippen LogP contribution in [0.1, 0.15) is 68.6 Å². The molecule has 12 nitrogen and oxygen atoms in total. The summed E-state index contributed by atoms with van der Waals surface area (Å²) in [5, 5.41) is 7.98. The Kier molecular flexibility index (Phi) is 16.0. The number of rotatable bonds is 18. The second-order valence-electron chi connectivity index (χ2n) is 14.1. The fourth-order valence-corrected chi connectivity index (χ4v) is 5.58. The molecule has 0 saturated heterocycles. The quantitative estimate of drug-likeness (QED) is 0.136. The average Bonchev–Trinajstić information content (AvgIpc) is 3.12. The van der Waals surface area contributed by atoms with Crippen LogP contribution in [0.15, 0.2) is 72.8 Å². The molecule has 0 fully saturated rings. The third-order valence-corrected chi connectivity index (χ3v) is 8.42.